The second kappa shape index (κ2) is 5.57. The lowest BCUT2D eigenvalue weighted by Crippen LogP contribution is -2.36. The number of carboxylic acid groups (broad SMARTS) is 1. The standard InChI is InChI=1S/C15H13Br2NO3/c16-9-3-4-11(10(17)6-9)18-14(19)12-7-1-2-8(5-7)13(12)15(20)21/h1-4,6-8,12-13H,5H2,(H,18,19)(H,20,21)/t7-,8+,12-,13+/m1/s1. The van der Waals surface area contributed by atoms with Crippen LogP contribution in [0.5, 0.6) is 0 Å². The summed E-state index contributed by atoms with van der Waals surface area (Å²) in [7, 11) is 0. The molecule has 3 rings (SSSR count). The van der Waals surface area contributed by atoms with Crippen molar-refractivity contribution in [3.05, 3.63) is 39.3 Å². The number of hydrogen-bond acceptors (Lipinski definition) is 2. The summed E-state index contributed by atoms with van der Waals surface area (Å²) in [6.45, 7) is 0. The van der Waals surface area contributed by atoms with Crippen LogP contribution in [-0.4, -0.2) is 17.0 Å². The largest absolute Gasteiger partial charge is 0.481 e. The van der Waals surface area contributed by atoms with Gasteiger partial charge in [-0.15, -0.1) is 0 Å². The van der Waals surface area contributed by atoms with Gasteiger partial charge in [0, 0.05) is 8.95 Å². The molecule has 0 spiro atoms. The number of rotatable bonds is 3. The molecule has 0 radical (unpaired) electrons. The van der Waals surface area contributed by atoms with Crippen LogP contribution in [0.4, 0.5) is 5.69 Å². The highest BCUT2D eigenvalue weighted by atomic mass is 79.9. The second-order valence-corrected chi connectivity index (χ2v) is 7.22. The Morgan fingerprint density at radius 1 is 1.14 bits per heavy atom. The van der Waals surface area contributed by atoms with Gasteiger partial charge in [0.1, 0.15) is 0 Å². The minimum absolute atomic E-state index is 0.0170. The van der Waals surface area contributed by atoms with E-state index in [1.807, 2.05) is 24.3 Å². The number of anilines is 1. The van der Waals surface area contributed by atoms with Crippen molar-refractivity contribution in [1.29, 1.82) is 0 Å². The maximum atomic E-state index is 12.5. The van der Waals surface area contributed by atoms with Gasteiger partial charge in [-0.2, -0.15) is 0 Å². The lowest BCUT2D eigenvalue weighted by Gasteiger charge is -2.24. The van der Waals surface area contributed by atoms with Crippen LogP contribution < -0.4 is 5.32 Å². The molecule has 1 amide bonds. The predicted octanol–water partition coefficient (Wildman–Crippen LogP) is 3.67. The Labute approximate surface area is 138 Å². The van der Waals surface area contributed by atoms with Crippen molar-refractivity contribution in [1.82, 2.24) is 0 Å². The monoisotopic (exact) mass is 413 g/mol. The summed E-state index contributed by atoms with van der Waals surface area (Å²) in [5.41, 5.74) is 0.652. The summed E-state index contributed by atoms with van der Waals surface area (Å²) in [6.07, 6.45) is 4.67. The van der Waals surface area contributed by atoms with E-state index in [0.717, 1.165) is 15.4 Å². The number of fused-ring (bicyclic) bond motifs is 2. The fraction of sp³-hybridized carbons (Fsp3) is 0.333. The van der Waals surface area contributed by atoms with Crippen LogP contribution >= 0.6 is 31.9 Å². The lowest BCUT2D eigenvalue weighted by atomic mass is 9.82. The minimum Gasteiger partial charge on any atom is -0.481 e. The van der Waals surface area contributed by atoms with Gasteiger partial charge >= 0.3 is 5.97 Å². The third-order valence-corrected chi connectivity index (χ3v) is 5.39. The molecule has 4 nitrogen and oxygen atoms in total. The van der Waals surface area contributed by atoms with E-state index in [2.05, 4.69) is 37.2 Å². The Balaban J connectivity index is 1.82. The van der Waals surface area contributed by atoms with Gasteiger partial charge in [0.2, 0.25) is 5.91 Å². The van der Waals surface area contributed by atoms with Gasteiger partial charge in [0.25, 0.3) is 0 Å². The highest BCUT2D eigenvalue weighted by molar-refractivity contribution is 9.11. The van der Waals surface area contributed by atoms with E-state index in [0.29, 0.717) is 5.69 Å². The number of nitrogens with one attached hydrogen (secondary N) is 1. The molecule has 2 N–H and O–H groups in total. The zero-order valence-electron chi connectivity index (χ0n) is 10.9. The first kappa shape index (κ1) is 14.8. The number of amides is 1. The highest BCUT2D eigenvalue weighted by Gasteiger charge is 2.51. The predicted molar refractivity (Wildman–Crippen MR) is 85.8 cm³/mol. The first-order valence-electron chi connectivity index (χ1n) is 6.64. The number of benzene rings is 1. The van der Waals surface area contributed by atoms with Gasteiger partial charge in [-0.3, -0.25) is 9.59 Å². The Kier molecular flexibility index (Phi) is 3.92. The zero-order chi connectivity index (χ0) is 15.1. The third kappa shape index (κ3) is 2.66. The molecule has 2 aliphatic carbocycles. The average Bonchev–Trinajstić information content (AvgIpc) is 3.02. The van der Waals surface area contributed by atoms with Crippen LogP contribution in [0.3, 0.4) is 0 Å². The summed E-state index contributed by atoms with van der Waals surface area (Å²) in [6, 6.07) is 5.45. The molecule has 0 heterocycles. The number of carbonyl (C=O) groups is 2. The molecule has 0 unspecified atom stereocenters. The molecule has 21 heavy (non-hydrogen) atoms. The number of carboxylic acids is 1. The van der Waals surface area contributed by atoms with E-state index in [4.69, 9.17) is 0 Å². The quantitative estimate of drug-likeness (QED) is 0.741. The molecule has 1 saturated carbocycles. The molecular weight excluding hydrogens is 402 g/mol. The van der Waals surface area contributed by atoms with Crippen LogP contribution in [0.25, 0.3) is 0 Å². The summed E-state index contributed by atoms with van der Waals surface area (Å²) in [4.78, 5) is 24.0. The van der Waals surface area contributed by atoms with Crippen LogP contribution in [0.15, 0.2) is 39.3 Å². The van der Waals surface area contributed by atoms with E-state index >= 15 is 0 Å². The average molecular weight is 415 g/mol. The molecule has 6 heteroatoms. The molecule has 110 valence electrons. The Morgan fingerprint density at radius 3 is 2.43 bits per heavy atom. The van der Waals surface area contributed by atoms with Crippen molar-refractivity contribution >= 4 is 49.4 Å². The Morgan fingerprint density at radius 2 is 1.81 bits per heavy atom. The smallest absolute Gasteiger partial charge is 0.307 e. The SMILES string of the molecule is O=C(O)[C@@H]1[C@H](C(=O)Nc2ccc(Br)cc2Br)[C@@H]2C=C[C@H]1C2. The number of halogens is 2. The second-order valence-electron chi connectivity index (χ2n) is 5.45. The fourth-order valence-electron chi connectivity index (χ4n) is 3.32. The fourth-order valence-corrected chi connectivity index (χ4v) is 4.47. The molecular formula is C15H13Br2NO3. The van der Waals surface area contributed by atoms with Crippen molar-refractivity contribution in [3.8, 4) is 0 Å². The molecule has 2 bridgehead atoms. The van der Waals surface area contributed by atoms with Gasteiger partial charge in [-0.1, -0.05) is 28.1 Å². The Bertz CT molecular complexity index is 644. The molecule has 2 aliphatic rings. The molecule has 0 aliphatic heterocycles. The van der Waals surface area contributed by atoms with Crippen LogP contribution in [-0.2, 0) is 9.59 Å². The number of aliphatic carboxylic acids is 1. The molecule has 1 fully saturated rings. The van der Waals surface area contributed by atoms with Crippen molar-refractivity contribution in [2.75, 3.05) is 5.32 Å². The number of carbonyl (C=O) groups excluding carboxylic acids is 1. The van der Waals surface area contributed by atoms with Gasteiger partial charge in [-0.05, 0) is 52.4 Å². The first-order chi connectivity index (χ1) is 9.97. The van der Waals surface area contributed by atoms with Crippen LogP contribution in [0.2, 0.25) is 0 Å². The van der Waals surface area contributed by atoms with E-state index in [9.17, 15) is 14.7 Å². The van der Waals surface area contributed by atoms with Crippen LogP contribution in [0.1, 0.15) is 6.42 Å². The molecule has 1 aromatic carbocycles. The van der Waals surface area contributed by atoms with Crippen LogP contribution in [0, 0.1) is 23.7 Å². The molecule has 0 saturated heterocycles. The van der Waals surface area contributed by atoms with E-state index in [1.165, 1.54) is 0 Å². The summed E-state index contributed by atoms with van der Waals surface area (Å²) >= 11 is 6.75. The van der Waals surface area contributed by atoms with Crippen molar-refractivity contribution in [2.45, 2.75) is 6.42 Å². The number of hydrogen-bond donors (Lipinski definition) is 2. The van der Waals surface area contributed by atoms with E-state index in [1.54, 1.807) is 6.07 Å². The summed E-state index contributed by atoms with van der Waals surface area (Å²) < 4.78 is 1.66. The molecule has 1 aromatic rings. The molecule has 4 atom stereocenters. The first-order valence-corrected chi connectivity index (χ1v) is 8.23. The Hall–Kier alpha value is -1.14. The van der Waals surface area contributed by atoms with Crippen molar-refractivity contribution < 1.29 is 14.7 Å². The van der Waals surface area contributed by atoms with Crippen molar-refractivity contribution in [2.24, 2.45) is 23.7 Å². The zero-order valence-corrected chi connectivity index (χ0v) is 14.1. The van der Waals surface area contributed by atoms with E-state index in [-0.39, 0.29) is 17.7 Å². The maximum Gasteiger partial charge on any atom is 0.307 e. The molecule has 0 aromatic heterocycles. The normalized spacial score (nSPS) is 29.6. The van der Waals surface area contributed by atoms with Gasteiger partial charge in [0.05, 0.1) is 17.5 Å². The highest BCUT2D eigenvalue weighted by Crippen LogP contribution is 2.48. The summed E-state index contributed by atoms with van der Waals surface area (Å²) in [5, 5.41) is 12.2. The minimum atomic E-state index is -0.887. The van der Waals surface area contributed by atoms with E-state index < -0.39 is 17.8 Å². The third-order valence-electron chi connectivity index (χ3n) is 4.24. The van der Waals surface area contributed by atoms with Gasteiger partial charge < -0.3 is 10.4 Å². The summed E-state index contributed by atoms with van der Waals surface area (Å²) in [5.74, 6) is -2.20. The van der Waals surface area contributed by atoms with Gasteiger partial charge in [0.15, 0.2) is 0 Å². The lowest BCUT2D eigenvalue weighted by molar-refractivity contribution is -0.146. The maximum absolute atomic E-state index is 12.5. The number of allylic oxidation sites excluding steroid dienone is 2. The van der Waals surface area contributed by atoms with Crippen molar-refractivity contribution in [3.63, 3.8) is 0 Å². The van der Waals surface area contributed by atoms with Gasteiger partial charge in [-0.25, -0.2) is 0 Å². The topological polar surface area (TPSA) is 66.4 Å².